The summed E-state index contributed by atoms with van der Waals surface area (Å²) in [4.78, 5) is 41.4. The lowest BCUT2D eigenvalue weighted by atomic mass is 9.92. The van der Waals surface area contributed by atoms with Crippen LogP contribution < -0.4 is 10.6 Å². The second kappa shape index (κ2) is 6.00. The predicted octanol–water partition coefficient (Wildman–Crippen LogP) is 1.69. The number of hydrogen-bond donors (Lipinski definition) is 2. The summed E-state index contributed by atoms with van der Waals surface area (Å²) in [5.41, 5.74) is -0.906. The molecule has 9 heteroatoms. The van der Waals surface area contributed by atoms with Gasteiger partial charge in [0.1, 0.15) is 17.9 Å². The van der Waals surface area contributed by atoms with Crippen molar-refractivity contribution in [3.05, 3.63) is 47.2 Å². The van der Waals surface area contributed by atoms with Crippen LogP contribution in [0.15, 0.2) is 35.8 Å². The third-order valence-electron chi connectivity index (χ3n) is 3.68. The van der Waals surface area contributed by atoms with Crippen molar-refractivity contribution in [2.45, 2.75) is 12.5 Å². The molecule has 0 saturated carbocycles. The van der Waals surface area contributed by atoms with E-state index in [0.717, 1.165) is 4.90 Å². The smallest absolute Gasteiger partial charge is 0.319 e. The molecule has 1 fully saturated rings. The van der Waals surface area contributed by atoms with Crippen LogP contribution in [0.3, 0.4) is 0 Å². The number of thiazole rings is 1. The molecule has 1 aliphatic heterocycles. The molecule has 1 atom stereocenters. The topological polar surface area (TPSA) is 91.4 Å². The second-order valence-corrected chi connectivity index (χ2v) is 6.23. The molecule has 2 N–H and O–H groups in total. The molecule has 3 rings (SSSR count). The first kappa shape index (κ1) is 16.1. The van der Waals surface area contributed by atoms with Crippen LogP contribution in [0.5, 0.6) is 0 Å². The number of carbonyl (C=O) groups excluding carboxylic acids is 3. The van der Waals surface area contributed by atoms with Crippen molar-refractivity contribution in [2.75, 3.05) is 11.9 Å². The standard InChI is InChI=1S/C15H13FN4O3S/c1-15(9-2-4-10(16)5-3-9)12(22)20(14(23)19-15)8-11(21)18-13-17-6-7-24-13/h2-7H,8H2,1H3,(H,19,23)(H,17,18,21)/t15-/m1/s1. The van der Waals surface area contributed by atoms with Crippen molar-refractivity contribution in [3.8, 4) is 0 Å². The first-order valence-electron chi connectivity index (χ1n) is 6.99. The number of anilines is 1. The Bertz CT molecular complexity index is 794. The Morgan fingerprint density at radius 3 is 2.71 bits per heavy atom. The van der Waals surface area contributed by atoms with Crippen molar-refractivity contribution >= 4 is 34.3 Å². The molecule has 2 aromatic rings. The van der Waals surface area contributed by atoms with Crippen molar-refractivity contribution in [3.63, 3.8) is 0 Å². The Balaban J connectivity index is 1.76. The minimum atomic E-state index is -1.34. The normalized spacial score (nSPS) is 20.2. The molecule has 0 unspecified atom stereocenters. The minimum absolute atomic E-state index is 0.383. The second-order valence-electron chi connectivity index (χ2n) is 5.34. The maximum Gasteiger partial charge on any atom is 0.325 e. The van der Waals surface area contributed by atoms with E-state index >= 15 is 0 Å². The minimum Gasteiger partial charge on any atom is -0.319 e. The van der Waals surface area contributed by atoms with Gasteiger partial charge in [-0.3, -0.25) is 14.5 Å². The van der Waals surface area contributed by atoms with Crippen LogP contribution in [0.25, 0.3) is 0 Å². The van der Waals surface area contributed by atoms with Gasteiger partial charge >= 0.3 is 6.03 Å². The number of amides is 4. The number of nitrogens with one attached hydrogen (secondary N) is 2. The molecule has 1 saturated heterocycles. The molecule has 2 heterocycles. The number of hydrogen-bond acceptors (Lipinski definition) is 5. The van der Waals surface area contributed by atoms with Crippen LogP contribution in [-0.2, 0) is 15.1 Å². The van der Waals surface area contributed by atoms with Crippen LogP contribution in [0.1, 0.15) is 12.5 Å². The van der Waals surface area contributed by atoms with E-state index in [9.17, 15) is 18.8 Å². The lowest BCUT2D eigenvalue weighted by Gasteiger charge is -2.22. The van der Waals surface area contributed by atoms with Gasteiger partial charge in [-0.25, -0.2) is 14.2 Å². The quantitative estimate of drug-likeness (QED) is 0.823. The van der Waals surface area contributed by atoms with Gasteiger partial charge in [-0.2, -0.15) is 0 Å². The lowest BCUT2D eigenvalue weighted by molar-refractivity contribution is -0.133. The van der Waals surface area contributed by atoms with Crippen molar-refractivity contribution in [1.82, 2.24) is 15.2 Å². The number of benzene rings is 1. The van der Waals surface area contributed by atoms with Crippen LogP contribution in [-0.4, -0.2) is 34.3 Å². The molecule has 124 valence electrons. The van der Waals surface area contributed by atoms with Crippen LogP contribution in [0.4, 0.5) is 14.3 Å². The highest BCUT2D eigenvalue weighted by Crippen LogP contribution is 2.28. The number of urea groups is 1. The fourth-order valence-corrected chi connectivity index (χ4v) is 2.95. The maximum absolute atomic E-state index is 13.1. The summed E-state index contributed by atoms with van der Waals surface area (Å²) < 4.78 is 13.1. The SMILES string of the molecule is C[C@]1(c2ccc(F)cc2)NC(=O)N(CC(=O)Nc2nccs2)C1=O. The Morgan fingerprint density at radius 1 is 1.38 bits per heavy atom. The van der Waals surface area contributed by atoms with Gasteiger partial charge < -0.3 is 10.6 Å². The number of aromatic nitrogens is 1. The molecule has 1 aromatic carbocycles. The zero-order valence-corrected chi connectivity index (χ0v) is 13.4. The van der Waals surface area contributed by atoms with Crippen LogP contribution >= 0.6 is 11.3 Å². The zero-order valence-electron chi connectivity index (χ0n) is 12.6. The highest BCUT2D eigenvalue weighted by Gasteiger charge is 2.49. The summed E-state index contributed by atoms with van der Waals surface area (Å²) in [6, 6.07) is 4.58. The Hall–Kier alpha value is -2.81. The number of imide groups is 1. The Labute approximate surface area is 140 Å². The number of halogens is 1. The number of nitrogens with zero attached hydrogens (tertiary/aromatic N) is 2. The molecule has 1 aliphatic rings. The van der Waals surface area contributed by atoms with Crippen molar-refractivity contribution in [1.29, 1.82) is 0 Å². The van der Waals surface area contributed by atoms with Gasteiger partial charge in [0.25, 0.3) is 5.91 Å². The van der Waals surface area contributed by atoms with Gasteiger partial charge in [-0.05, 0) is 24.6 Å². The van der Waals surface area contributed by atoms with Crippen LogP contribution in [0, 0.1) is 5.82 Å². The van der Waals surface area contributed by atoms with E-state index in [2.05, 4.69) is 15.6 Å². The van der Waals surface area contributed by atoms with E-state index in [1.165, 1.54) is 48.7 Å². The first-order chi connectivity index (χ1) is 11.4. The summed E-state index contributed by atoms with van der Waals surface area (Å²) in [5.74, 6) is -1.55. The van der Waals surface area contributed by atoms with Gasteiger partial charge in [0.15, 0.2) is 5.13 Å². The predicted molar refractivity (Wildman–Crippen MR) is 84.7 cm³/mol. The maximum atomic E-state index is 13.1. The van der Waals surface area contributed by atoms with E-state index in [0.29, 0.717) is 10.7 Å². The van der Waals surface area contributed by atoms with E-state index in [1.807, 2.05) is 0 Å². The molecule has 0 bridgehead atoms. The molecule has 0 spiro atoms. The summed E-state index contributed by atoms with van der Waals surface area (Å²) in [6.45, 7) is 1.08. The third kappa shape index (κ3) is 2.85. The van der Waals surface area contributed by atoms with Gasteiger partial charge in [-0.1, -0.05) is 12.1 Å². The van der Waals surface area contributed by atoms with Gasteiger partial charge in [0, 0.05) is 11.6 Å². The Morgan fingerprint density at radius 2 is 2.08 bits per heavy atom. The molecular weight excluding hydrogens is 335 g/mol. The zero-order chi connectivity index (χ0) is 17.3. The molecule has 7 nitrogen and oxygen atoms in total. The molecule has 0 aliphatic carbocycles. The third-order valence-corrected chi connectivity index (χ3v) is 4.37. The monoisotopic (exact) mass is 348 g/mol. The summed E-state index contributed by atoms with van der Waals surface area (Å²) >= 11 is 1.23. The van der Waals surface area contributed by atoms with Gasteiger partial charge in [0.2, 0.25) is 5.91 Å². The molecule has 4 amide bonds. The average Bonchev–Trinajstić information content (AvgIpc) is 3.11. The first-order valence-corrected chi connectivity index (χ1v) is 7.87. The summed E-state index contributed by atoms with van der Waals surface area (Å²) in [5, 5.41) is 7.13. The van der Waals surface area contributed by atoms with Gasteiger partial charge in [0.05, 0.1) is 0 Å². The number of carbonyl (C=O) groups is 3. The van der Waals surface area contributed by atoms with Crippen molar-refractivity contribution < 1.29 is 18.8 Å². The highest BCUT2D eigenvalue weighted by atomic mass is 32.1. The fourth-order valence-electron chi connectivity index (χ4n) is 2.41. The molecule has 0 radical (unpaired) electrons. The van der Waals surface area contributed by atoms with E-state index in [1.54, 1.807) is 5.38 Å². The van der Waals surface area contributed by atoms with E-state index in [-0.39, 0.29) is 0 Å². The summed E-state index contributed by atoms with van der Waals surface area (Å²) in [6.07, 6.45) is 1.53. The molecule has 24 heavy (non-hydrogen) atoms. The molecule has 1 aromatic heterocycles. The number of rotatable bonds is 4. The largest absolute Gasteiger partial charge is 0.325 e. The lowest BCUT2D eigenvalue weighted by Crippen LogP contribution is -2.42. The van der Waals surface area contributed by atoms with Crippen LogP contribution in [0.2, 0.25) is 0 Å². The van der Waals surface area contributed by atoms with E-state index < -0.39 is 35.7 Å². The highest BCUT2D eigenvalue weighted by molar-refractivity contribution is 7.13. The van der Waals surface area contributed by atoms with Crippen molar-refractivity contribution in [2.24, 2.45) is 0 Å². The summed E-state index contributed by atoms with van der Waals surface area (Å²) in [7, 11) is 0. The average molecular weight is 348 g/mol. The van der Waals surface area contributed by atoms with E-state index in [4.69, 9.17) is 0 Å². The van der Waals surface area contributed by atoms with Gasteiger partial charge in [-0.15, -0.1) is 11.3 Å². The molecular formula is C15H13FN4O3S. The fraction of sp³-hybridized carbons (Fsp3) is 0.200. The Kier molecular flexibility index (Phi) is 4.02.